The fraction of sp³-hybridized carbons (Fsp3) is 0.444. The Morgan fingerprint density at radius 1 is 1.26 bits per heavy atom. The minimum atomic E-state index is -4.59. The van der Waals surface area contributed by atoms with E-state index in [1.807, 2.05) is 31.2 Å². The van der Waals surface area contributed by atoms with E-state index < -0.39 is 14.1 Å². The van der Waals surface area contributed by atoms with Crippen molar-refractivity contribution in [1.29, 1.82) is 0 Å². The molecule has 0 fully saturated rings. The first-order valence-electron chi connectivity index (χ1n) is 8.72. The zero-order chi connectivity index (χ0) is 19.9. The molecule has 1 aromatic carbocycles. The summed E-state index contributed by atoms with van der Waals surface area (Å²) >= 11 is 3.25. The molecular formula is C18H26NO5PS2. The summed E-state index contributed by atoms with van der Waals surface area (Å²) in [5, 5.41) is 7.04. The van der Waals surface area contributed by atoms with Gasteiger partial charge in [0.25, 0.3) is 0 Å². The monoisotopic (exact) mass is 431 g/mol. The Labute approximate surface area is 168 Å². The predicted molar refractivity (Wildman–Crippen MR) is 110 cm³/mol. The third kappa shape index (κ3) is 6.91. The lowest BCUT2D eigenvalue weighted by Crippen LogP contribution is -2.29. The van der Waals surface area contributed by atoms with Crippen molar-refractivity contribution in [3.8, 4) is 5.75 Å². The maximum absolute atomic E-state index is 11.3. The normalized spacial score (nSPS) is 14.1. The van der Waals surface area contributed by atoms with Gasteiger partial charge in [-0.05, 0) is 54.4 Å². The number of rotatable bonds is 11. The summed E-state index contributed by atoms with van der Waals surface area (Å²) in [7, 11) is -2.96. The molecule has 2 aromatic rings. The summed E-state index contributed by atoms with van der Waals surface area (Å²) in [5.41, 5.74) is 2.39. The lowest BCUT2D eigenvalue weighted by Gasteiger charge is -2.24. The first-order valence-corrected chi connectivity index (χ1v) is 12.1. The molecule has 27 heavy (non-hydrogen) atoms. The van der Waals surface area contributed by atoms with Crippen molar-refractivity contribution in [1.82, 2.24) is 5.32 Å². The molecule has 0 aliphatic heterocycles. The average molecular weight is 432 g/mol. The third-order valence-electron chi connectivity index (χ3n) is 3.94. The van der Waals surface area contributed by atoms with Crippen molar-refractivity contribution in [2.24, 2.45) is 0 Å². The Bertz CT molecular complexity index is 764. The summed E-state index contributed by atoms with van der Waals surface area (Å²) < 4.78 is 21.9. The molecule has 0 aliphatic carbocycles. The van der Waals surface area contributed by atoms with Crippen molar-refractivity contribution < 1.29 is 23.6 Å². The second kappa shape index (κ2) is 10.6. The molecule has 2 unspecified atom stereocenters. The van der Waals surface area contributed by atoms with Gasteiger partial charge in [-0.15, -0.1) is 11.8 Å². The van der Waals surface area contributed by atoms with Crippen molar-refractivity contribution in [3.63, 3.8) is 0 Å². The number of phosphoric ester groups is 1. The van der Waals surface area contributed by atoms with Gasteiger partial charge in [-0.2, -0.15) is 11.3 Å². The molecule has 6 nitrogen and oxygen atoms in total. The van der Waals surface area contributed by atoms with Gasteiger partial charge in [0.2, 0.25) is 0 Å². The van der Waals surface area contributed by atoms with Gasteiger partial charge in [0.15, 0.2) is 0 Å². The van der Waals surface area contributed by atoms with Gasteiger partial charge >= 0.3 is 7.82 Å². The molecule has 0 aliphatic rings. The van der Waals surface area contributed by atoms with E-state index in [0.717, 1.165) is 22.6 Å². The number of aryl methyl sites for hydroxylation is 1. The lowest BCUT2D eigenvalue weighted by molar-refractivity contribution is 0.107. The number of benzene rings is 1. The van der Waals surface area contributed by atoms with Crippen LogP contribution in [0.5, 0.6) is 5.75 Å². The number of phosphoric acid groups is 1. The highest BCUT2D eigenvalue weighted by molar-refractivity contribution is 7.99. The van der Waals surface area contributed by atoms with Crippen LogP contribution in [0.25, 0.3) is 0 Å². The highest BCUT2D eigenvalue weighted by Crippen LogP contribution is 2.46. The molecule has 9 heteroatoms. The Hall–Kier alpha value is -0.860. The summed E-state index contributed by atoms with van der Waals surface area (Å²) in [6.07, 6.45) is 0.524. The SMILES string of the molecule is CCOc1ccccc1SC(CC(NC)OP(=O)(O)O)c1cscc1CC. The van der Waals surface area contributed by atoms with Gasteiger partial charge in [0.05, 0.1) is 6.61 Å². The van der Waals surface area contributed by atoms with Gasteiger partial charge in [-0.25, -0.2) is 4.57 Å². The van der Waals surface area contributed by atoms with Crippen LogP contribution >= 0.6 is 30.9 Å². The van der Waals surface area contributed by atoms with Gasteiger partial charge in [0.1, 0.15) is 12.0 Å². The number of ether oxygens (including phenoxy) is 1. The molecule has 2 rings (SSSR count). The van der Waals surface area contributed by atoms with Crippen LogP contribution in [0.1, 0.15) is 36.6 Å². The van der Waals surface area contributed by atoms with E-state index in [1.54, 1.807) is 30.1 Å². The summed E-state index contributed by atoms with van der Waals surface area (Å²) in [5.74, 6) is 0.806. The minimum Gasteiger partial charge on any atom is -0.493 e. The average Bonchev–Trinajstić information content (AvgIpc) is 3.09. The van der Waals surface area contributed by atoms with Crippen LogP contribution in [0, 0.1) is 0 Å². The number of hydrogen-bond donors (Lipinski definition) is 3. The van der Waals surface area contributed by atoms with E-state index in [0.29, 0.717) is 13.0 Å². The molecule has 0 saturated carbocycles. The summed E-state index contributed by atoms with van der Waals surface area (Å²) in [6, 6.07) is 7.81. The Morgan fingerprint density at radius 2 is 2.00 bits per heavy atom. The van der Waals surface area contributed by atoms with Crippen LogP contribution in [0.2, 0.25) is 0 Å². The molecule has 3 N–H and O–H groups in total. The van der Waals surface area contributed by atoms with Crippen LogP contribution < -0.4 is 10.1 Å². The molecule has 0 spiro atoms. The summed E-state index contributed by atoms with van der Waals surface area (Å²) in [6.45, 7) is 4.61. The fourth-order valence-electron chi connectivity index (χ4n) is 2.69. The zero-order valence-corrected chi connectivity index (χ0v) is 18.2. The van der Waals surface area contributed by atoms with Gasteiger partial charge < -0.3 is 14.5 Å². The van der Waals surface area contributed by atoms with E-state index in [1.165, 1.54) is 5.56 Å². The van der Waals surface area contributed by atoms with Crippen molar-refractivity contribution in [2.75, 3.05) is 13.7 Å². The maximum atomic E-state index is 11.3. The molecule has 0 saturated heterocycles. The number of thioether (sulfide) groups is 1. The number of nitrogens with one attached hydrogen (secondary N) is 1. The van der Waals surface area contributed by atoms with Crippen LogP contribution in [-0.2, 0) is 15.5 Å². The molecule has 0 amide bonds. The lowest BCUT2D eigenvalue weighted by atomic mass is 10.1. The van der Waals surface area contributed by atoms with Crippen LogP contribution in [-0.4, -0.2) is 29.7 Å². The van der Waals surface area contributed by atoms with E-state index >= 15 is 0 Å². The minimum absolute atomic E-state index is 0.0446. The molecule has 1 heterocycles. The van der Waals surface area contributed by atoms with Gasteiger partial charge in [-0.1, -0.05) is 19.1 Å². The van der Waals surface area contributed by atoms with Gasteiger partial charge in [0, 0.05) is 16.6 Å². The Balaban J connectivity index is 2.32. The fourth-order valence-corrected chi connectivity index (χ4v) is 5.62. The summed E-state index contributed by atoms with van der Waals surface area (Å²) in [4.78, 5) is 19.4. The van der Waals surface area contributed by atoms with Gasteiger partial charge in [-0.3, -0.25) is 9.84 Å². The van der Waals surface area contributed by atoms with Crippen molar-refractivity contribution in [2.45, 2.75) is 43.1 Å². The Kier molecular flexibility index (Phi) is 8.82. The second-order valence-electron chi connectivity index (χ2n) is 5.80. The standard InChI is InChI=1S/C18H26NO5PS2/c1-4-13-11-26-12-14(13)17(10-18(19-3)24-25(20,21)22)27-16-9-7-6-8-15(16)23-5-2/h6-9,11-12,17-19H,4-5,10H2,1-3H3,(H2,20,21,22). The molecule has 0 bridgehead atoms. The molecule has 0 radical (unpaired) electrons. The molecular weight excluding hydrogens is 405 g/mol. The van der Waals surface area contributed by atoms with Crippen LogP contribution in [0.3, 0.4) is 0 Å². The van der Waals surface area contributed by atoms with E-state index in [-0.39, 0.29) is 5.25 Å². The molecule has 1 aromatic heterocycles. The topological polar surface area (TPSA) is 88.0 Å². The van der Waals surface area contributed by atoms with E-state index in [9.17, 15) is 14.4 Å². The molecule has 2 atom stereocenters. The van der Waals surface area contributed by atoms with Crippen LogP contribution in [0.15, 0.2) is 39.9 Å². The zero-order valence-electron chi connectivity index (χ0n) is 15.6. The maximum Gasteiger partial charge on any atom is 0.471 e. The largest absolute Gasteiger partial charge is 0.493 e. The first-order chi connectivity index (χ1) is 12.9. The highest BCUT2D eigenvalue weighted by Gasteiger charge is 2.27. The van der Waals surface area contributed by atoms with E-state index in [4.69, 9.17) is 9.26 Å². The first kappa shape index (κ1) is 22.4. The quantitative estimate of drug-likeness (QED) is 0.272. The highest BCUT2D eigenvalue weighted by atomic mass is 32.2. The van der Waals surface area contributed by atoms with Crippen LogP contribution in [0.4, 0.5) is 0 Å². The van der Waals surface area contributed by atoms with Crippen molar-refractivity contribution >= 4 is 30.9 Å². The smallest absolute Gasteiger partial charge is 0.471 e. The second-order valence-corrected chi connectivity index (χ2v) is 8.98. The predicted octanol–water partition coefficient (Wildman–Crippen LogP) is 4.59. The third-order valence-corrected chi connectivity index (χ3v) is 6.60. The van der Waals surface area contributed by atoms with E-state index in [2.05, 4.69) is 23.0 Å². The number of thiophene rings is 1. The molecule has 150 valence electrons. The number of para-hydroxylation sites is 1. The number of hydrogen-bond acceptors (Lipinski definition) is 6. The van der Waals surface area contributed by atoms with Crippen molar-refractivity contribution in [3.05, 3.63) is 46.2 Å². The Morgan fingerprint density at radius 3 is 2.63 bits per heavy atom.